The topological polar surface area (TPSA) is 37.3 Å². The third-order valence-corrected chi connectivity index (χ3v) is 8.43. The Morgan fingerprint density at radius 3 is 2.52 bits per heavy atom. The monoisotopic (exact) mass is 290 g/mol. The van der Waals surface area contributed by atoms with Crippen LogP contribution in [0.15, 0.2) is 0 Å². The summed E-state index contributed by atoms with van der Waals surface area (Å²) < 4.78 is 0. The van der Waals surface area contributed by atoms with Gasteiger partial charge in [-0.2, -0.15) is 0 Å². The fourth-order valence-corrected chi connectivity index (χ4v) is 7.02. The minimum Gasteiger partial charge on any atom is -0.393 e. The van der Waals surface area contributed by atoms with Gasteiger partial charge in [-0.3, -0.25) is 4.79 Å². The molecular formula is C19H30O2. The van der Waals surface area contributed by atoms with Gasteiger partial charge in [-0.05, 0) is 79.4 Å². The van der Waals surface area contributed by atoms with Crippen molar-refractivity contribution in [3.8, 4) is 0 Å². The number of ketones is 1. The van der Waals surface area contributed by atoms with Crippen molar-refractivity contribution in [2.24, 2.45) is 34.5 Å². The second-order valence-corrected chi connectivity index (χ2v) is 9.04. The summed E-state index contributed by atoms with van der Waals surface area (Å²) >= 11 is 0. The van der Waals surface area contributed by atoms with Crippen molar-refractivity contribution >= 4 is 5.78 Å². The maximum atomic E-state index is 11.9. The highest BCUT2D eigenvalue weighted by molar-refractivity contribution is 5.79. The van der Waals surface area contributed by atoms with E-state index < -0.39 is 0 Å². The molecule has 21 heavy (non-hydrogen) atoms. The Labute approximate surface area is 128 Å². The standard InChI is InChI=1S/C19H30O2/c1-18-9-7-13(20)11-12(18)3-4-14-15-5-6-17(21)19(15,2)10-8-16(14)18/h12,14-17,21H,3-11H2,1-2H3/t12-,14?,15?,16?,17-,18-,19-/m0/s1. The van der Waals surface area contributed by atoms with E-state index in [1.54, 1.807) is 0 Å². The Morgan fingerprint density at radius 1 is 0.952 bits per heavy atom. The molecule has 0 aromatic rings. The number of hydrogen-bond acceptors (Lipinski definition) is 2. The number of aliphatic hydroxyl groups is 1. The fraction of sp³-hybridized carbons (Fsp3) is 0.947. The molecule has 4 fully saturated rings. The Morgan fingerprint density at radius 2 is 1.71 bits per heavy atom. The lowest BCUT2D eigenvalue weighted by molar-refractivity contribution is -0.141. The number of rotatable bonds is 0. The van der Waals surface area contributed by atoms with E-state index in [-0.39, 0.29) is 11.5 Å². The van der Waals surface area contributed by atoms with Gasteiger partial charge in [-0.1, -0.05) is 13.8 Å². The highest BCUT2D eigenvalue weighted by Gasteiger charge is 2.59. The summed E-state index contributed by atoms with van der Waals surface area (Å²) in [5.41, 5.74) is 0.598. The van der Waals surface area contributed by atoms with E-state index in [9.17, 15) is 9.90 Å². The van der Waals surface area contributed by atoms with Crippen LogP contribution in [-0.2, 0) is 4.79 Å². The smallest absolute Gasteiger partial charge is 0.133 e. The molecule has 3 unspecified atom stereocenters. The molecule has 2 heteroatoms. The van der Waals surface area contributed by atoms with E-state index in [0.29, 0.717) is 17.1 Å². The molecule has 2 nitrogen and oxygen atoms in total. The first-order valence-corrected chi connectivity index (χ1v) is 9.15. The molecule has 0 spiro atoms. The Balaban J connectivity index is 1.64. The van der Waals surface area contributed by atoms with Gasteiger partial charge in [0, 0.05) is 12.8 Å². The average Bonchev–Trinajstić information content (AvgIpc) is 2.76. The molecule has 4 aliphatic rings. The lowest BCUT2D eigenvalue weighted by Gasteiger charge is -2.60. The fourth-order valence-electron chi connectivity index (χ4n) is 7.02. The number of carbonyl (C=O) groups excluding carboxylic acids is 1. The normalized spacial score (nSPS) is 56.5. The van der Waals surface area contributed by atoms with Gasteiger partial charge in [0.05, 0.1) is 6.10 Å². The molecule has 0 amide bonds. The lowest BCUT2D eigenvalue weighted by Crippen LogP contribution is -2.54. The predicted octanol–water partition coefficient (Wildman–Crippen LogP) is 3.96. The maximum Gasteiger partial charge on any atom is 0.133 e. The Kier molecular flexibility index (Phi) is 3.10. The van der Waals surface area contributed by atoms with Crippen LogP contribution >= 0.6 is 0 Å². The molecule has 0 aromatic carbocycles. The second kappa shape index (κ2) is 4.57. The van der Waals surface area contributed by atoms with Crippen molar-refractivity contribution in [1.29, 1.82) is 0 Å². The van der Waals surface area contributed by atoms with Crippen molar-refractivity contribution in [2.45, 2.75) is 77.7 Å². The number of aliphatic hydroxyl groups excluding tert-OH is 1. The van der Waals surface area contributed by atoms with Crippen LogP contribution in [0.1, 0.15) is 71.6 Å². The minimum atomic E-state index is -0.0677. The molecular weight excluding hydrogens is 260 g/mol. The molecule has 1 N–H and O–H groups in total. The van der Waals surface area contributed by atoms with E-state index in [4.69, 9.17) is 0 Å². The highest BCUT2D eigenvalue weighted by atomic mass is 16.3. The number of carbonyl (C=O) groups is 1. The average molecular weight is 290 g/mol. The van der Waals surface area contributed by atoms with Crippen LogP contribution in [0.3, 0.4) is 0 Å². The quantitative estimate of drug-likeness (QED) is 0.733. The predicted molar refractivity (Wildman–Crippen MR) is 82.7 cm³/mol. The van der Waals surface area contributed by atoms with Crippen LogP contribution in [0.25, 0.3) is 0 Å². The van der Waals surface area contributed by atoms with E-state index in [1.165, 1.54) is 32.1 Å². The first kappa shape index (κ1) is 14.2. The molecule has 118 valence electrons. The summed E-state index contributed by atoms with van der Waals surface area (Å²) in [6.07, 6.45) is 10.0. The van der Waals surface area contributed by atoms with Crippen molar-refractivity contribution in [3.63, 3.8) is 0 Å². The maximum absolute atomic E-state index is 11.9. The third kappa shape index (κ3) is 1.84. The van der Waals surface area contributed by atoms with Crippen LogP contribution in [-0.4, -0.2) is 17.0 Å². The van der Waals surface area contributed by atoms with E-state index in [1.807, 2.05) is 0 Å². The van der Waals surface area contributed by atoms with Crippen LogP contribution in [0.2, 0.25) is 0 Å². The van der Waals surface area contributed by atoms with Gasteiger partial charge in [-0.25, -0.2) is 0 Å². The van der Waals surface area contributed by atoms with Crippen molar-refractivity contribution in [2.75, 3.05) is 0 Å². The minimum absolute atomic E-state index is 0.0677. The molecule has 0 saturated heterocycles. The van der Waals surface area contributed by atoms with Crippen molar-refractivity contribution in [1.82, 2.24) is 0 Å². The zero-order valence-corrected chi connectivity index (χ0v) is 13.6. The second-order valence-electron chi connectivity index (χ2n) is 9.04. The van der Waals surface area contributed by atoms with Gasteiger partial charge < -0.3 is 5.11 Å². The SMILES string of the molecule is C[C@]12CCC3C(CC[C@H]4CC(=O)CC[C@]34C)C1CC[C@@H]2O. The highest BCUT2D eigenvalue weighted by Crippen LogP contribution is 2.65. The number of fused-ring (bicyclic) bond motifs is 5. The van der Waals surface area contributed by atoms with Gasteiger partial charge in [0.15, 0.2) is 0 Å². The zero-order chi connectivity index (χ0) is 14.8. The molecule has 4 rings (SSSR count). The Bertz CT molecular complexity index is 458. The summed E-state index contributed by atoms with van der Waals surface area (Å²) in [5.74, 6) is 3.52. The molecule has 7 atom stereocenters. The first-order valence-electron chi connectivity index (χ1n) is 9.15. The van der Waals surface area contributed by atoms with Crippen LogP contribution in [0.5, 0.6) is 0 Å². The third-order valence-electron chi connectivity index (χ3n) is 8.43. The number of hydrogen-bond donors (Lipinski definition) is 1. The summed E-state index contributed by atoms with van der Waals surface area (Å²) in [4.78, 5) is 11.9. The summed E-state index contributed by atoms with van der Waals surface area (Å²) in [6.45, 7) is 4.85. The van der Waals surface area contributed by atoms with Crippen LogP contribution in [0.4, 0.5) is 0 Å². The van der Waals surface area contributed by atoms with Gasteiger partial charge in [0.2, 0.25) is 0 Å². The van der Waals surface area contributed by atoms with Gasteiger partial charge >= 0.3 is 0 Å². The number of Topliss-reactive ketones (excluding diaryl/α,β-unsaturated/α-hetero) is 1. The molecule has 0 aliphatic heterocycles. The first-order chi connectivity index (χ1) is 9.95. The van der Waals surface area contributed by atoms with Crippen LogP contribution < -0.4 is 0 Å². The summed E-state index contributed by atoms with van der Waals surface area (Å²) in [7, 11) is 0. The molecule has 0 radical (unpaired) electrons. The van der Waals surface area contributed by atoms with E-state index in [2.05, 4.69) is 13.8 Å². The molecule has 0 heterocycles. The zero-order valence-electron chi connectivity index (χ0n) is 13.6. The lowest BCUT2D eigenvalue weighted by atomic mass is 9.45. The van der Waals surface area contributed by atoms with Crippen LogP contribution in [0, 0.1) is 34.5 Å². The molecule has 4 saturated carbocycles. The van der Waals surface area contributed by atoms with E-state index in [0.717, 1.165) is 43.4 Å². The summed E-state index contributed by atoms with van der Waals surface area (Å²) in [6, 6.07) is 0. The van der Waals surface area contributed by atoms with Gasteiger partial charge in [-0.15, -0.1) is 0 Å². The molecule has 0 bridgehead atoms. The Hall–Kier alpha value is -0.370. The summed E-state index contributed by atoms with van der Waals surface area (Å²) in [5, 5.41) is 10.5. The van der Waals surface area contributed by atoms with Crippen molar-refractivity contribution < 1.29 is 9.90 Å². The van der Waals surface area contributed by atoms with E-state index >= 15 is 0 Å². The van der Waals surface area contributed by atoms with Crippen molar-refractivity contribution in [3.05, 3.63) is 0 Å². The van der Waals surface area contributed by atoms with Gasteiger partial charge in [0.25, 0.3) is 0 Å². The van der Waals surface area contributed by atoms with Gasteiger partial charge in [0.1, 0.15) is 5.78 Å². The molecule has 4 aliphatic carbocycles. The molecule has 0 aromatic heterocycles. The largest absolute Gasteiger partial charge is 0.393 e.